The Balaban J connectivity index is 1.38. The molecule has 0 bridgehead atoms. The van der Waals surface area contributed by atoms with Crippen LogP contribution in [0.2, 0.25) is 0 Å². The highest BCUT2D eigenvalue weighted by Gasteiger charge is 2.28. The number of amides is 2. The van der Waals surface area contributed by atoms with E-state index in [0.717, 1.165) is 62.5 Å². The van der Waals surface area contributed by atoms with Gasteiger partial charge in [0.25, 0.3) is 0 Å². The molecular formula is C22H33N5O2. The van der Waals surface area contributed by atoms with Crippen molar-refractivity contribution in [1.29, 1.82) is 0 Å². The molecule has 0 saturated carbocycles. The van der Waals surface area contributed by atoms with Gasteiger partial charge in [-0.3, -0.25) is 14.5 Å². The Labute approximate surface area is 173 Å². The van der Waals surface area contributed by atoms with Crippen molar-refractivity contribution in [1.82, 2.24) is 24.7 Å². The summed E-state index contributed by atoms with van der Waals surface area (Å²) in [5.41, 5.74) is 2.14. The molecular weight excluding hydrogens is 366 g/mol. The Morgan fingerprint density at radius 1 is 1.10 bits per heavy atom. The van der Waals surface area contributed by atoms with Crippen LogP contribution in [0, 0.1) is 5.92 Å². The van der Waals surface area contributed by atoms with Crippen LogP contribution in [-0.4, -0.2) is 75.8 Å². The van der Waals surface area contributed by atoms with Gasteiger partial charge in [-0.1, -0.05) is 6.92 Å². The van der Waals surface area contributed by atoms with Gasteiger partial charge >= 0.3 is 0 Å². The molecule has 2 atom stereocenters. The first-order chi connectivity index (χ1) is 14.0. The molecule has 1 aromatic heterocycles. The highest BCUT2D eigenvalue weighted by Crippen LogP contribution is 2.26. The number of carbonyl (C=O) groups excluding carboxylic acids is 2. The Morgan fingerprint density at radius 2 is 1.93 bits per heavy atom. The number of likely N-dealkylation sites (tertiary alicyclic amines) is 2. The number of nitrogens with zero attached hydrogens (tertiary/aromatic N) is 5. The lowest BCUT2D eigenvalue weighted by molar-refractivity contribution is -0.133. The van der Waals surface area contributed by atoms with Crippen molar-refractivity contribution in [2.75, 3.05) is 39.3 Å². The largest absolute Gasteiger partial charge is 0.342 e. The van der Waals surface area contributed by atoms with Gasteiger partial charge in [0.1, 0.15) is 5.82 Å². The van der Waals surface area contributed by atoms with Crippen LogP contribution in [0.1, 0.15) is 62.5 Å². The summed E-state index contributed by atoms with van der Waals surface area (Å²) in [6, 6.07) is 0. The van der Waals surface area contributed by atoms with Gasteiger partial charge in [-0.2, -0.15) is 0 Å². The maximum atomic E-state index is 12.8. The van der Waals surface area contributed by atoms with Gasteiger partial charge in [0.05, 0.1) is 12.2 Å². The molecule has 4 heterocycles. The van der Waals surface area contributed by atoms with Gasteiger partial charge in [-0.05, 0) is 38.1 Å². The first kappa shape index (κ1) is 20.3. The minimum atomic E-state index is 0.130. The maximum absolute atomic E-state index is 12.8. The molecule has 0 aromatic carbocycles. The summed E-state index contributed by atoms with van der Waals surface area (Å²) in [5, 5.41) is 0. The first-order valence-corrected chi connectivity index (χ1v) is 11.1. The Kier molecular flexibility index (Phi) is 6.13. The fraction of sp³-hybridized carbons (Fsp3) is 0.727. The summed E-state index contributed by atoms with van der Waals surface area (Å²) in [4.78, 5) is 40.2. The zero-order valence-electron chi connectivity index (χ0n) is 17.8. The molecule has 1 aromatic rings. The molecule has 2 amide bonds. The van der Waals surface area contributed by atoms with E-state index in [4.69, 9.17) is 4.98 Å². The molecule has 0 unspecified atom stereocenters. The lowest BCUT2D eigenvalue weighted by Crippen LogP contribution is -2.45. The van der Waals surface area contributed by atoms with Crippen molar-refractivity contribution in [2.24, 2.45) is 5.92 Å². The quantitative estimate of drug-likeness (QED) is 0.775. The molecule has 7 heteroatoms. The number of hydrogen-bond acceptors (Lipinski definition) is 5. The third kappa shape index (κ3) is 4.77. The van der Waals surface area contributed by atoms with Crippen LogP contribution in [0.15, 0.2) is 6.20 Å². The van der Waals surface area contributed by atoms with E-state index in [-0.39, 0.29) is 17.7 Å². The number of rotatable bonds is 3. The number of carbonyl (C=O) groups is 2. The number of piperidine rings is 2. The van der Waals surface area contributed by atoms with Crippen molar-refractivity contribution in [3.05, 3.63) is 23.3 Å². The van der Waals surface area contributed by atoms with Crippen LogP contribution < -0.4 is 0 Å². The number of fused-ring (bicyclic) bond motifs is 1. The monoisotopic (exact) mass is 399 g/mol. The van der Waals surface area contributed by atoms with E-state index in [2.05, 4.69) is 16.8 Å². The molecule has 0 aliphatic carbocycles. The molecule has 0 N–H and O–H groups in total. The minimum absolute atomic E-state index is 0.130. The second-order valence-corrected chi connectivity index (χ2v) is 9.05. The molecule has 0 radical (unpaired) electrons. The standard InChI is InChI=1S/C22H33N5O2/c1-16-5-3-8-25(12-16)15-21(29)27-10-7-20-19(14-27)11-23-22(24-20)18-6-4-9-26(13-18)17(2)28/h11,16,18H,3-10,12-15H2,1-2H3/t16-,18-/m1/s1. The predicted octanol–water partition coefficient (Wildman–Crippen LogP) is 1.82. The van der Waals surface area contributed by atoms with Crippen LogP contribution in [0.5, 0.6) is 0 Å². The van der Waals surface area contributed by atoms with E-state index in [1.54, 1.807) is 6.92 Å². The van der Waals surface area contributed by atoms with Crippen molar-refractivity contribution in [3.8, 4) is 0 Å². The second-order valence-electron chi connectivity index (χ2n) is 9.05. The van der Waals surface area contributed by atoms with Gasteiger partial charge < -0.3 is 9.80 Å². The zero-order valence-corrected chi connectivity index (χ0v) is 17.8. The summed E-state index contributed by atoms with van der Waals surface area (Å²) in [7, 11) is 0. The summed E-state index contributed by atoms with van der Waals surface area (Å²) < 4.78 is 0. The highest BCUT2D eigenvalue weighted by molar-refractivity contribution is 5.78. The third-order valence-electron chi connectivity index (χ3n) is 6.64. The van der Waals surface area contributed by atoms with E-state index in [1.807, 2.05) is 16.0 Å². The van der Waals surface area contributed by atoms with Gasteiger partial charge in [0, 0.05) is 63.7 Å². The van der Waals surface area contributed by atoms with E-state index in [0.29, 0.717) is 25.6 Å². The maximum Gasteiger partial charge on any atom is 0.237 e. The Bertz CT molecular complexity index is 768. The normalized spacial score (nSPS) is 25.6. The predicted molar refractivity (Wildman–Crippen MR) is 110 cm³/mol. The molecule has 2 fully saturated rings. The molecule has 3 aliphatic rings. The van der Waals surface area contributed by atoms with E-state index in [9.17, 15) is 9.59 Å². The van der Waals surface area contributed by atoms with Crippen molar-refractivity contribution in [2.45, 2.75) is 58.4 Å². The van der Waals surface area contributed by atoms with Gasteiger partial charge in [-0.25, -0.2) is 9.97 Å². The fourth-order valence-corrected chi connectivity index (χ4v) is 4.94. The molecule has 158 valence electrons. The molecule has 29 heavy (non-hydrogen) atoms. The smallest absolute Gasteiger partial charge is 0.237 e. The van der Waals surface area contributed by atoms with Crippen LogP contribution in [0.25, 0.3) is 0 Å². The van der Waals surface area contributed by atoms with Crippen molar-refractivity contribution < 1.29 is 9.59 Å². The lowest BCUT2D eigenvalue weighted by atomic mass is 9.96. The van der Waals surface area contributed by atoms with E-state index >= 15 is 0 Å². The topological polar surface area (TPSA) is 69.6 Å². The van der Waals surface area contributed by atoms with Crippen LogP contribution in [0.4, 0.5) is 0 Å². The SMILES string of the molecule is CC(=O)N1CCC[C@@H](c2ncc3c(n2)CCN(C(=O)CN2CCC[C@@H](C)C2)C3)C1. The van der Waals surface area contributed by atoms with Crippen molar-refractivity contribution in [3.63, 3.8) is 0 Å². The van der Waals surface area contributed by atoms with Gasteiger partial charge in [-0.15, -0.1) is 0 Å². The van der Waals surface area contributed by atoms with Crippen LogP contribution in [0.3, 0.4) is 0 Å². The van der Waals surface area contributed by atoms with E-state index < -0.39 is 0 Å². The fourth-order valence-electron chi connectivity index (χ4n) is 4.94. The molecule has 2 saturated heterocycles. The summed E-state index contributed by atoms with van der Waals surface area (Å²) in [6.45, 7) is 9.39. The molecule has 7 nitrogen and oxygen atoms in total. The highest BCUT2D eigenvalue weighted by atomic mass is 16.2. The first-order valence-electron chi connectivity index (χ1n) is 11.1. The number of aromatic nitrogens is 2. The van der Waals surface area contributed by atoms with Gasteiger partial charge in [0.2, 0.25) is 11.8 Å². The Morgan fingerprint density at radius 3 is 2.72 bits per heavy atom. The van der Waals surface area contributed by atoms with Crippen LogP contribution in [-0.2, 0) is 22.6 Å². The number of hydrogen-bond donors (Lipinski definition) is 0. The minimum Gasteiger partial charge on any atom is -0.342 e. The van der Waals surface area contributed by atoms with E-state index in [1.165, 1.54) is 12.8 Å². The molecule has 4 rings (SSSR count). The molecule has 3 aliphatic heterocycles. The Hall–Kier alpha value is -2.02. The van der Waals surface area contributed by atoms with Crippen LogP contribution >= 0.6 is 0 Å². The lowest BCUT2D eigenvalue weighted by Gasteiger charge is -2.34. The summed E-state index contributed by atoms with van der Waals surface area (Å²) >= 11 is 0. The zero-order chi connectivity index (χ0) is 20.4. The summed E-state index contributed by atoms with van der Waals surface area (Å²) in [5.74, 6) is 2.11. The average Bonchev–Trinajstić information content (AvgIpc) is 2.73. The third-order valence-corrected chi connectivity index (χ3v) is 6.64. The average molecular weight is 400 g/mol. The summed E-state index contributed by atoms with van der Waals surface area (Å²) in [6.07, 6.45) is 7.19. The second kappa shape index (κ2) is 8.78. The molecule has 0 spiro atoms. The van der Waals surface area contributed by atoms with Gasteiger partial charge in [0.15, 0.2) is 0 Å². The van der Waals surface area contributed by atoms with Crippen molar-refractivity contribution >= 4 is 11.8 Å².